The third-order valence-electron chi connectivity index (χ3n) is 3.28. The van der Waals surface area contributed by atoms with E-state index in [0.29, 0.717) is 11.6 Å². The first-order chi connectivity index (χ1) is 9.48. The summed E-state index contributed by atoms with van der Waals surface area (Å²) in [6, 6.07) is 10.4. The summed E-state index contributed by atoms with van der Waals surface area (Å²) >= 11 is 5.83. The van der Waals surface area contributed by atoms with Gasteiger partial charge in [0.25, 0.3) is 10.0 Å². The van der Waals surface area contributed by atoms with Gasteiger partial charge in [-0.3, -0.25) is 0 Å². The molecule has 0 bridgehead atoms. The van der Waals surface area contributed by atoms with Crippen molar-refractivity contribution >= 4 is 21.6 Å². The average Bonchev–Trinajstić information content (AvgIpc) is 3.21. The molecule has 1 aliphatic heterocycles. The van der Waals surface area contributed by atoms with Crippen LogP contribution in [0.4, 0.5) is 0 Å². The highest BCUT2D eigenvalue weighted by Gasteiger charge is 2.46. The summed E-state index contributed by atoms with van der Waals surface area (Å²) in [5.41, 5.74) is 1.88. The van der Waals surface area contributed by atoms with Crippen molar-refractivity contribution in [1.82, 2.24) is 9.29 Å². The van der Waals surface area contributed by atoms with Gasteiger partial charge >= 0.3 is 0 Å². The van der Waals surface area contributed by atoms with Crippen LogP contribution in [0.25, 0.3) is 0 Å². The number of hydrogen-bond acceptors (Lipinski definition) is 3. The number of aromatic nitrogens is 1. The van der Waals surface area contributed by atoms with E-state index in [1.165, 1.54) is 4.31 Å². The maximum Gasteiger partial charge on any atom is 0.261 e. The minimum absolute atomic E-state index is 0.0968. The van der Waals surface area contributed by atoms with Crippen LogP contribution in [0.2, 0.25) is 5.02 Å². The Labute approximate surface area is 123 Å². The van der Waals surface area contributed by atoms with Gasteiger partial charge in [0, 0.05) is 17.8 Å². The molecule has 0 aliphatic carbocycles. The van der Waals surface area contributed by atoms with Crippen molar-refractivity contribution in [3.8, 4) is 0 Å². The summed E-state index contributed by atoms with van der Waals surface area (Å²) < 4.78 is 26.2. The lowest BCUT2D eigenvalue weighted by Gasteiger charge is -2.06. The van der Waals surface area contributed by atoms with Gasteiger partial charge in [-0.1, -0.05) is 29.8 Å². The monoisotopic (exact) mass is 308 g/mol. The van der Waals surface area contributed by atoms with Crippen molar-refractivity contribution in [3.63, 3.8) is 0 Å². The molecule has 0 radical (unpaired) electrons. The van der Waals surface area contributed by atoms with Crippen LogP contribution in [0.5, 0.6) is 0 Å². The van der Waals surface area contributed by atoms with Crippen molar-refractivity contribution in [3.05, 3.63) is 58.7 Å². The normalized spacial score (nSPS) is 21.7. The summed E-state index contributed by atoms with van der Waals surface area (Å²) in [6.45, 7) is 2.36. The SMILES string of the molecule is Cc1ccc(S(=O)(=O)N2CC2c2ccc(Cl)cc2)nc1. The Hall–Kier alpha value is -1.43. The van der Waals surface area contributed by atoms with E-state index in [0.717, 1.165) is 11.1 Å². The fourth-order valence-corrected chi connectivity index (χ4v) is 3.66. The molecule has 0 amide bonds. The van der Waals surface area contributed by atoms with Gasteiger partial charge in [0.1, 0.15) is 0 Å². The van der Waals surface area contributed by atoms with E-state index in [1.54, 1.807) is 30.5 Å². The van der Waals surface area contributed by atoms with Crippen LogP contribution in [0, 0.1) is 6.92 Å². The van der Waals surface area contributed by atoms with Gasteiger partial charge in [-0.05, 0) is 36.2 Å². The highest BCUT2D eigenvalue weighted by atomic mass is 35.5. The second kappa shape index (κ2) is 4.84. The Morgan fingerprint density at radius 1 is 1.20 bits per heavy atom. The molecule has 1 aromatic heterocycles. The average molecular weight is 309 g/mol. The molecule has 2 atom stereocenters. The Morgan fingerprint density at radius 2 is 1.90 bits per heavy atom. The molecule has 0 saturated carbocycles. The van der Waals surface area contributed by atoms with E-state index < -0.39 is 10.0 Å². The number of aryl methyl sites for hydroxylation is 1. The molecule has 2 heterocycles. The van der Waals surface area contributed by atoms with E-state index in [1.807, 2.05) is 19.1 Å². The number of sulfonamides is 1. The van der Waals surface area contributed by atoms with Crippen LogP contribution in [-0.2, 0) is 10.0 Å². The quantitative estimate of drug-likeness (QED) is 0.819. The van der Waals surface area contributed by atoms with Crippen molar-refractivity contribution in [1.29, 1.82) is 0 Å². The Balaban J connectivity index is 1.84. The van der Waals surface area contributed by atoms with Crippen LogP contribution in [-0.4, -0.2) is 24.3 Å². The standard InChI is InChI=1S/C14H13ClN2O2S/c1-10-2-7-14(16-8-10)20(18,19)17-9-13(17)11-3-5-12(15)6-4-11/h2-8,13H,9H2,1H3. The van der Waals surface area contributed by atoms with Crippen LogP contribution in [0.1, 0.15) is 17.2 Å². The first kappa shape index (κ1) is 13.5. The van der Waals surface area contributed by atoms with Crippen molar-refractivity contribution in [2.45, 2.75) is 18.0 Å². The molecule has 2 unspecified atom stereocenters. The van der Waals surface area contributed by atoms with E-state index in [2.05, 4.69) is 4.98 Å². The fourth-order valence-electron chi connectivity index (χ4n) is 2.07. The molecular formula is C14H13ClN2O2S. The number of hydrogen-bond donors (Lipinski definition) is 0. The Morgan fingerprint density at radius 3 is 2.50 bits per heavy atom. The zero-order chi connectivity index (χ0) is 14.3. The fraction of sp³-hybridized carbons (Fsp3) is 0.214. The molecule has 1 saturated heterocycles. The lowest BCUT2D eigenvalue weighted by atomic mass is 10.2. The minimum Gasteiger partial charge on any atom is -0.243 e. The lowest BCUT2D eigenvalue weighted by Crippen LogP contribution is -2.14. The smallest absolute Gasteiger partial charge is 0.243 e. The molecule has 1 fully saturated rings. The molecule has 0 spiro atoms. The summed E-state index contributed by atoms with van der Waals surface area (Å²) in [7, 11) is -3.50. The lowest BCUT2D eigenvalue weighted by molar-refractivity contribution is 0.550. The van der Waals surface area contributed by atoms with Gasteiger partial charge in [0.05, 0.1) is 6.04 Å². The number of halogens is 1. The van der Waals surface area contributed by atoms with E-state index in [9.17, 15) is 8.42 Å². The number of rotatable bonds is 3. The van der Waals surface area contributed by atoms with Crippen LogP contribution in [0.15, 0.2) is 47.6 Å². The molecule has 2 aromatic rings. The van der Waals surface area contributed by atoms with E-state index in [-0.39, 0.29) is 11.1 Å². The molecule has 1 aromatic carbocycles. The summed E-state index contributed by atoms with van der Waals surface area (Å²) in [6.07, 6.45) is 1.56. The van der Waals surface area contributed by atoms with Crippen molar-refractivity contribution in [2.24, 2.45) is 0 Å². The van der Waals surface area contributed by atoms with Gasteiger partial charge < -0.3 is 0 Å². The zero-order valence-corrected chi connectivity index (χ0v) is 12.4. The van der Waals surface area contributed by atoms with Gasteiger partial charge in [0.15, 0.2) is 5.03 Å². The number of benzene rings is 1. The second-order valence-corrected chi connectivity index (χ2v) is 7.09. The van der Waals surface area contributed by atoms with E-state index >= 15 is 0 Å². The Kier molecular flexibility index (Phi) is 3.28. The van der Waals surface area contributed by atoms with Crippen LogP contribution < -0.4 is 0 Å². The highest BCUT2D eigenvalue weighted by Crippen LogP contribution is 2.40. The third-order valence-corrected chi connectivity index (χ3v) is 5.32. The van der Waals surface area contributed by atoms with Crippen LogP contribution in [0.3, 0.4) is 0 Å². The van der Waals surface area contributed by atoms with Gasteiger partial charge in [-0.15, -0.1) is 0 Å². The molecule has 20 heavy (non-hydrogen) atoms. The van der Waals surface area contributed by atoms with Crippen molar-refractivity contribution in [2.75, 3.05) is 6.54 Å². The number of nitrogens with zero attached hydrogens (tertiary/aromatic N) is 2. The second-order valence-electron chi connectivity index (χ2n) is 4.82. The summed E-state index contributed by atoms with van der Waals surface area (Å²) in [4.78, 5) is 4.00. The Bertz CT molecular complexity index is 727. The summed E-state index contributed by atoms with van der Waals surface area (Å²) in [5.74, 6) is 0. The van der Waals surface area contributed by atoms with E-state index in [4.69, 9.17) is 11.6 Å². The maximum atomic E-state index is 12.4. The minimum atomic E-state index is -3.50. The number of pyridine rings is 1. The highest BCUT2D eigenvalue weighted by molar-refractivity contribution is 7.89. The van der Waals surface area contributed by atoms with Gasteiger partial charge in [-0.25, -0.2) is 13.4 Å². The molecule has 1 aliphatic rings. The molecule has 6 heteroatoms. The molecule has 3 rings (SSSR count). The predicted octanol–water partition coefficient (Wildman–Crippen LogP) is 2.79. The van der Waals surface area contributed by atoms with Gasteiger partial charge in [-0.2, -0.15) is 4.31 Å². The topological polar surface area (TPSA) is 50.0 Å². The third kappa shape index (κ3) is 2.44. The zero-order valence-electron chi connectivity index (χ0n) is 10.8. The predicted molar refractivity (Wildman–Crippen MR) is 77.1 cm³/mol. The van der Waals surface area contributed by atoms with Crippen LogP contribution >= 0.6 is 11.6 Å². The van der Waals surface area contributed by atoms with Gasteiger partial charge in [0.2, 0.25) is 0 Å². The first-order valence-corrected chi connectivity index (χ1v) is 8.00. The molecule has 4 nitrogen and oxygen atoms in total. The summed E-state index contributed by atoms with van der Waals surface area (Å²) in [5, 5.41) is 0.739. The first-order valence-electron chi connectivity index (χ1n) is 6.18. The largest absolute Gasteiger partial charge is 0.261 e. The molecule has 104 valence electrons. The van der Waals surface area contributed by atoms with Crippen molar-refractivity contribution < 1.29 is 8.42 Å². The molecule has 0 N–H and O–H groups in total. The maximum absolute atomic E-state index is 12.4. The molecular weight excluding hydrogens is 296 g/mol.